The Kier molecular flexibility index (Phi) is 6.04. The molecule has 6 nitrogen and oxygen atoms in total. The number of methoxy groups -OCH3 is 2. The number of aryl methyl sites for hydroxylation is 1. The van der Waals surface area contributed by atoms with Crippen LogP contribution in [0.2, 0.25) is 10.0 Å². The van der Waals surface area contributed by atoms with Gasteiger partial charge in [0.05, 0.1) is 25.5 Å². The van der Waals surface area contributed by atoms with Gasteiger partial charge in [-0.2, -0.15) is 14.9 Å². The maximum Gasteiger partial charge on any atom is 0.216 e. The minimum Gasteiger partial charge on any atom is -0.494 e. The van der Waals surface area contributed by atoms with Crippen LogP contribution in [0.15, 0.2) is 11.2 Å². The Morgan fingerprint density at radius 3 is 2.65 bits per heavy atom. The van der Waals surface area contributed by atoms with Gasteiger partial charge in [0, 0.05) is 12.0 Å². The first-order chi connectivity index (χ1) is 11.0. The molecule has 0 saturated carbocycles. The van der Waals surface area contributed by atoms with E-state index in [4.69, 9.17) is 44.9 Å². The van der Waals surface area contributed by atoms with Crippen LogP contribution in [0.25, 0.3) is 0 Å². The van der Waals surface area contributed by atoms with Crippen LogP contribution in [0.4, 0.5) is 0 Å². The molecule has 0 aliphatic rings. The number of benzene rings is 1. The van der Waals surface area contributed by atoms with Crippen LogP contribution in [0, 0.1) is 4.77 Å². The predicted molar refractivity (Wildman–Crippen MR) is 94.0 cm³/mol. The lowest BCUT2D eigenvalue weighted by Gasteiger charge is -2.12. The van der Waals surface area contributed by atoms with Crippen LogP contribution in [-0.4, -0.2) is 35.3 Å². The van der Waals surface area contributed by atoms with Gasteiger partial charge in [-0.05, 0) is 24.7 Å². The monoisotopic (exact) mass is 374 g/mol. The summed E-state index contributed by atoms with van der Waals surface area (Å²) < 4.78 is 12.5. The quantitative estimate of drug-likeness (QED) is 0.610. The van der Waals surface area contributed by atoms with Crippen molar-refractivity contribution in [2.75, 3.05) is 14.2 Å². The molecule has 9 heteroatoms. The largest absolute Gasteiger partial charge is 0.494 e. The number of rotatable bonds is 6. The van der Waals surface area contributed by atoms with E-state index >= 15 is 0 Å². The number of aromatic nitrogens is 3. The fourth-order valence-corrected chi connectivity index (χ4v) is 2.94. The third kappa shape index (κ3) is 3.68. The number of hydrogen-bond acceptors (Lipinski definition) is 5. The molecule has 0 radical (unpaired) electrons. The van der Waals surface area contributed by atoms with Crippen LogP contribution in [0.1, 0.15) is 24.7 Å². The molecule has 0 aliphatic carbocycles. The maximum absolute atomic E-state index is 6.25. The summed E-state index contributed by atoms with van der Waals surface area (Å²) in [7, 11) is 3.00. The molecule has 1 N–H and O–H groups in total. The molecule has 0 saturated heterocycles. The van der Waals surface area contributed by atoms with E-state index in [1.165, 1.54) is 14.2 Å². The van der Waals surface area contributed by atoms with Gasteiger partial charge in [0.2, 0.25) is 4.77 Å². The Morgan fingerprint density at radius 2 is 2.04 bits per heavy atom. The topological polar surface area (TPSA) is 64.4 Å². The van der Waals surface area contributed by atoms with Crippen LogP contribution in [0.5, 0.6) is 11.5 Å². The molecule has 0 aliphatic heterocycles. The highest BCUT2D eigenvalue weighted by molar-refractivity contribution is 7.71. The normalized spacial score (nSPS) is 11.2. The highest BCUT2D eigenvalue weighted by Gasteiger charge is 2.16. The summed E-state index contributed by atoms with van der Waals surface area (Å²) in [4.78, 5) is 0. The molecule has 0 unspecified atom stereocenters. The summed E-state index contributed by atoms with van der Waals surface area (Å²) >= 11 is 17.6. The average Bonchev–Trinajstić information content (AvgIpc) is 2.86. The summed E-state index contributed by atoms with van der Waals surface area (Å²) in [5, 5.41) is 11.9. The average molecular weight is 375 g/mol. The molecule has 1 aromatic heterocycles. The van der Waals surface area contributed by atoms with Crippen LogP contribution in [-0.2, 0) is 6.42 Å². The van der Waals surface area contributed by atoms with Gasteiger partial charge in [-0.15, -0.1) is 0 Å². The molecule has 1 heterocycles. The van der Waals surface area contributed by atoms with Crippen molar-refractivity contribution in [3.8, 4) is 11.5 Å². The first-order valence-corrected chi connectivity index (χ1v) is 8.00. The fourth-order valence-electron chi connectivity index (χ4n) is 2.04. The molecule has 0 amide bonds. The molecule has 0 fully saturated rings. The van der Waals surface area contributed by atoms with E-state index < -0.39 is 0 Å². The molecule has 2 rings (SSSR count). The Morgan fingerprint density at radius 1 is 1.35 bits per heavy atom. The lowest BCUT2D eigenvalue weighted by atomic mass is 10.2. The third-order valence-electron chi connectivity index (χ3n) is 3.07. The fraction of sp³-hybridized carbons (Fsp3) is 0.357. The van der Waals surface area contributed by atoms with Crippen LogP contribution < -0.4 is 9.47 Å². The van der Waals surface area contributed by atoms with Gasteiger partial charge in [0.25, 0.3) is 0 Å². The van der Waals surface area contributed by atoms with Gasteiger partial charge in [-0.1, -0.05) is 30.1 Å². The number of halogens is 2. The lowest BCUT2D eigenvalue weighted by Crippen LogP contribution is -2.00. The van der Waals surface area contributed by atoms with Crippen molar-refractivity contribution in [1.29, 1.82) is 0 Å². The molecule has 0 bridgehead atoms. The lowest BCUT2D eigenvalue weighted by molar-refractivity contribution is 0.394. The van der Waals surface area contributed by atoms with Crippen molar-refractivity contribution < 1.29 is 9.47 Å². The SMILES string of the molecule is CCCc1n[nH]c(=S)n1/N=C\c1cc(Cl)c(OC)c(Cl)c1OC. The molecule has 1 aromatic carbocycles. The number of ether oxygens (including phenoxy) is 2. The molecular weight excluding hydrogens is 359 g/mol. The van der Waals surface area contributed by atoms with Gasteiger partial charge >= 0.3 is 0 Å². The minimum atomic E-state index is 0.286. The Balaban J connectivity index is 2.48. The highest BCUT2D eigenvalue weighted by atomic mass is 35.5. The van der Waals surface area contributed by atoms with E-state index in [2.05, 4.69) is 22.2 Å². The summed E-state index contributed by atoms with van der Waals surface area (Å²) in [6.07, 6.45) is 3.25. The van der Waals surface area contributed by atoms with Crippen molar-refractivity contribution in [2.45, 2.75) is 19.8 Å². The van der Waals surface area contributed by atoms with Gasteiger partial charge < -0.3 is 9.47 Å². The van der Waals surface area contributed by atoms with Crippen molar-refractivity contribution in [3.05, 3.63) is 32.3 Å². The molecule has 2 aromatic rings. The van der Waals surface area contributed by atoms with Crippen LogP contribution in [0.3, 0.4) is 0 Å². The molecule has 0 spiro atoms. The Bertz CT molecular complexity index is 786. The van der Waals surface area contributed by atoms with E-state index in [-0.39, 0.29) is 5.02 Å². The Hall–Kier alpha value is -1.57. The number of nitrogens with one attached hydrogen (secondary N) is 1. The number of aromatic amines is 1. The second-order valence-corrected chi connectivity index (χ2v) is 5.75. The number of H-pyrrole nitrogens is 1. The number of hydrogen-bond donors (Lipinski definition) is 1. The number of nitrogens with zero attached hydrogens (tertiary/aromatic N) is 3. The molecule has 124 valence electrons. The predicted octanol–water partition coefficient (Wildman–Crippen LogP) is 4.10. The smallest absolute Gasteiger partial charge is 0.216 e. The van der Waals surface area contributed by atoms with Crippen molar-refractivity contribution in [1.82, 2.24) is 14.9 Å². The second-order valence-electron chi connectivity index (χ2n) is 4.58. The first kappa shape index (κ1) is 17.8. The molecule has 23 heavy (non-hydrogen) atoms. The van der Waals surface area contributed by atoms with Gasteiger partial charge in [0.1, 0.15) is 10.8 Å². The van der Waals surface area contributed by atoms with E-state index in [1.54, 1.807) is 17.0 Å². The van der Waals surface area contributed by atoms with Crippen molar-refractivity contribution in [2.24, 2.45) is 5.10 Å². The van der Waals surface area contributed by atoms with Gasteiger partial charge in [0.15, 0.2) is 11.6 Å². The van der Waals surface area contributed by atoms with Crippen molar-refractivity contribution in [3.63, 3.8) is 0 Å². The molecule has 0 atom stereocenters. The standard InChI is InChI=1S/C14H16Cl2N4O2S/c1-4-5-10-18-19-14(23)20(10)17-7-8-6-9(15)13(22-3)11(16)12(8)21-2/h6-7H,4-5H2,1-3H3,(H,19,23)/b17-7-. The summed E-state index contributed by atoms with van der Waals surface area (Å²) in [5.41, 5.74) is 0.605. The highest BCUT2D eigenvalue weighted by Crippen LogP contribution is 2.41. The van der Waals surface area contributed by atoms with E-state index in [0.29, 0.717) is 26.9 Å². The third-order valence-corrected chi connectivity index (χ3v) is 3.96. The zero-order valence-corrected chi connectivity index (χ0v) is 15.2. The summed E-state index contributed by atoms with van der Waals surface area (Å²) in [6.45, 7) is 2.05. The zero-order chi connectivity index (χ0) is 17.0. The Labute approximate surface area is 149 Å². The van der Waals surface area contributed by atoms with E-state index in [9.17, 15) is 0 Å². The molecular formula is C14H16Cl2N4O2S. The minimum absolute atomic E-state index is 0.286. The van der Waals surface area contributed by atoms with Gasteiger partial charge in [-0.25, -0.2) is 0 Å². The zero-order valence-electron chi connectivity index (χ0n) is 12.9. The summed E-state index contributed by atoms with van der Waals surface area (Å²) in [6, 6.07) is 1.66. The maximum atomic E-state index is 6.25. The first-order valence-electron chi connectivity index (χ1n) is 6.84. The second kappa shape index (κ2) is 7.81. The van der Waals surface area contributed by atoms with E-state index in [0.717, 1.165) is 18.7 Å². The van der Waals surface area contributed by atoms with Gasteiger partial charge in [-0.3, -0.25) is 5.10 Å². The summed E-state index contributed by atoms with van der Waals surface area (Å²) in [5.74, 6) is 1.52. The van der Waals surface area contributed by atoms with E-state index in [1.807, 2.05) is 0 Å². The van der Waals surface area contributed by atoms with Crippen molar-refractivity contribution >= 4 is 41.6 Å². The van der Waals surface area contributed by atoms with Crippen LogP contribution >= 0.6 is 35.4 Å².